The lowest BCUT2D eigenvalue weighted by molar-refractivity contribution is -0.149. The fourth-order valence-electron chi connectivity index (χ4n) is 2.63. The number of nitrogens with zero attached hydrogens (tertiary/aromatic N) is 3. The van der Waals surface area contributed by atoms with Gasteiger partial charge in [0, 0.05) is 0 Å². The topological polar surface area (TPSA) is 106 Å². The first-order chi connectivity index (χ1) is 14.6. The maximum atomic E-state index is 12.2. The number of ether oxygens (including phenoxy) is 2. The average molecular weight is 404 g/mol. The van der Waals surface area contributed by atoms with E-state index in [0.29, 0.717) is 11.4 Å². The van der Waals surface area contributed by atoms with E-state index >= 15 is 0 Å². The Bertz CT molecular complexity index is 1050. The first-order valence-electron chi connectivity index (χ1n) is 9.31. The van der Waals surface area contributed by atoms with Gasteiger partial charge in [0.15, 0.2) is 19.0 Å². The summed E-state index contributed by atoms with van der Waals surface area (Å²) in [5, 5.41) is 16.0. The molecule has 30 heavy (non-hydrogen) atoms. The zero-order chi connectivity index (χ0) is 21.3. The fraction of sp³-hybridized carbons (Fsp3) is 0.182. The van der Waals surface area contributed by atoms with Crippen LogP contribution in [0.1, 0.15) is 18.1 Å². The minimum absolute atomic E-state index is 0.192. The van der Waals surface area contributed by atoms with Gasteiger partial charge in [0.25, 0.3) is 5.91 Å². The summed E-state index contributed by atoms with van der Waals surface area (Å²) in [6.45, 7) is 1.22. The molecule has 0 fully saturated rings. The molecule has 0 aliphatic rings. The number of carbonyl (C=O) groups is 2. The van der Waals surface area contributed by atoms with E-state index in [0.717, 1.165) is 12.0 Å². The van der Waals surface area contributed by atoms with Crippen molar-refractivity contribution >= 4 is 17.7 Å². The van der Waals surface area contributed by atoms with Crippen molar-refractivity contribution in [3.8, 4) is 17.5 Å². The van der Waals surface area contributed by atoms with Crippen LogP contribution in [0.4, 0.5) is 5.82 Å². The van der Waals surface area contributed by atoms with Crippen LogP contribution < -0.4 is 10.1 Å². The number of anilines is 1. The van der Waals surface area contributed by atoms with Gasteiger partial charge in [-0.25, -0.2) is 9.48 Å². The number of nitriles is 1. The normalized spacial score (nSPS) is 10.1. The van der Waals surface area contributed by atoms with E-state index in [4.69, 9.17) is 9.47 Å². The third-order valence-corrected chi connectivity index (χ3v) is 4.20. The highest BCUT2D eigenvalue weighted by molar-refractivity contribution is 5.93. The highest BCUT2D eigenvalue weighted by Crippen LogP contribution is 2.19. The summed E-state index contributed by atoms with van der Waals surface area (Å²) < 4.78 is 11.7. The van der Waals surface area contributed by atoms with Gasteiger partial charge in [0.05, 0.1) is 11.9 Å². The van der Waals surface area contributed by atoms with Gasteiger partial charge in [-0.15, -0.1) is 0 Å². The van der Waals surface area contributed by atoms with Gasteiger partial charge in [-0.3, -0.25) is 4.79 Å². The van der Waals surface area contributed by atoms with Crippen LogP contribution in [-0.2, 0) is 20.7 Å². The smallest absolute Gasteiger partial charge is 0.344 e. The van der Waals surface area contributed by atoms with Crippen molar-refractivity contribution < 1.29 is 19.1 Å². The Kier molecular flexibility index (Phi) is 6.79. The quantitative estimate of drug-likeness (QED) is 0.579. The highest BCUT2D eigenvalue weighted by atomic mass is 16.6. The Morgan fingerprint density at radius 3 is 2.50 bits per heavy atom. The molecule has 0 aliphatic carbocycles. The summed E-state index contributed by atoms with van der Waals surface area (Å²) in [5.41, 5.74) is 2.03. The van der Waals surface area contributed by atoms with Crippen LogP contribution in [0.5, 0.6) is 5.75 Å². The second kappa shape index (κ2) is 9.89. The third kappa shape index (κ3) is 5.23. The van der Waals surface area contributed by atoms with Gasteiger partial charge in [0.2, 0.25) is 0 Å². The minimum atomic E-state index is -0.679. The molecular weight excluding hydrogens is 384 g/mol. The Labute approximate surface area is 173 Å². The van der Waals surface area contributed by atoms with Crippen molar-refractivity contribution in [2.45, 2.75) is 13.3 Å². The highest BCUT2D eigenvalue weighted by Gasteiger charge is 2.16. The molecule has 0 spiro atoms. The molecule has 1 heterocycles. The molecule has 3 rings (SSSR count). The lowest BCUT2D eigenvalue weighted by Crippen LogP contribution is -2.25. The number of amides is 1. The molecule has 8 nitrogen and oxygen atoms in total. The van der Waals surface area contributed by atoms with Gasteiger partial charge < -0.3 is 14.8 Å². The molecular formula is C22H20N4O4. The molecule has 1 amide bonds. The molecule has 0 atom stereocenters. The molecule has 3 aromatic rings. The van der Waals surface area contributed by atoms with Crippen LogP contribution >= 0.6 is 0 Å². The number of hydrogen-bond acceptors (Lipinski definition) is 6. The molecule has 0 radical (unpaired) electrons. The molecule has 2 aromatic carbocycles. The average Bonchev–Trinajstić information content (AvgIpc) is 3.19. The maximum Gasteiger partial charge on any atom is 0.344 e. The molecule has 152 valence electrons. The molecule has 8 heteroatoms. The van der Waals surface area contributed by atoms with E-state index in [9.17, 15) is 14.9 Å². The molecule has 0 aliphatic heterocycles. The lowest BCUT2D eigenvalue weighted by atomic mass is 10.2. The monoisotopic (exact) mass is 404 g/mol. The molecule has 1 N–H and O–H groups in total. The summed E-state index contributed by atoms with van der Waals surface area (Å²) in [6.07, 6.45) is 2.26. The standard InChI is InChI=1S/C22H20N4O4/c1-2-16-8-10-19(11-9-16)29-15-21(28)30-14-20(27)25-22-17(12-23)13-24-26(22)18-6-4-3-5-7-18/h3-11,13H,2,14-15H2,1H3,(H,25,27). The number of nitrogens with one attached hydrogen (secondary N) is 1. The Hall–Kier alpha value is -4.12. The summed E-state index contributed by atoms with van der Waals surface area (Å²) in [4.78, 5) is 24.1. The number of para-hydroxylation sites is 1. The summed E-state index contributed by atoms with van der Waals surface area (Å²) >= 11 is 0. The van der Waals surface area contributed by atoms with Crippen molar-refractivity contribution in [2.24, 2.45) is 0 Å². The fourth-order valence-corrected chi connectivity index (χ4v) is 2.63. The number of hydrogen-bond donors (Lipinski definition) is 1. The van der Waals surface area contributed by atoms with Crippen LogP contribution in [-0.4, -0.2) is 34.9 Å². The Morgan fingerprint density at radius 2 is 1.83 bits per heavy atom. The molecule has 0 saturated heterocycles. The van der Waals surface area contributed by atoms with E-state index in [-0.39, 0.29) is 18.0 Å². The van der Waals surface area contributed by atoms with E-state index < -0.39 is 18.5 Å². The van der Waals surface area contributed by atoms with Gasteiger partial charge >= 0.3 is 5.97 Å². The predicted octanol–water partition coefficient (Wildman–Crippen LogP) is 2.87. The molecule has 0 bridgehead atoms. The van der Waals surface area contributed by atoms with Gasteiger partial charge in [-0.2, -0.15) is 10.4 Å². The van der Waals surface area contributed by atoms with Crippen molar-refractivity contribution in [1.82, 2.24) is 9.78 Å². The number of rotatable bonds is 8. The van der Waals surface area contributed by atoms with Crippen LogP contribution in [0.3, 0.4) is 0 Å². The van der Waals surface area contributed by atoms with E-state index in [1.807, 2.05) is 43.3 Å². The molecule has 1 aromatic heterocycles. The largest absolute Gasteiger partial charge is 0.482 e. The number of carbonyl (C=O) groups excluding carboxylic acids is 2. The van der Waals surface area contributed by atoms with Crippen LogP contribution in [0.15, 0.2) is 60.8 Å². The van der Waals surface area contributed by atoms with Crippen LogP contribution in [0.2, 0.25) is 0 Å². The van der Waals surface area contributed by atoms with E-state index in [1.54, 1.807) is 24.3 Å². The first kappa shape index (κ1) is 20.6. The minimum Gasteiger partial charge on any atom is -0.482 e. The van der Waals surface area contributed by atoms with Crippen LogP contribution in [0, 0.1) is 11.3 Å². The van der Waals surface area contributed by atoms with Crippen molar-refractivity contribution in [3.05, 3.63) is 71.9 Å². The first-order valence-corrected chi connectivity index (χ1v) is 9.31. The zero-order valence-corrected chi connectivity index (χ0v) is 16.4. The Morgan fingerprint density at radius 1 is 1.10 bits per heavy atom. The maximum absolute atomic E-state index is 12.2. The number of benzene rings is 2. The second-order valence-corrected chi connectivity index (χ2v) is 6.26. The lowest BCUT2D eigenvalue weighted by Gasteiger charge is -2.10. The summed E-state index contributed by atoms with van der Waals surface area (Å²) in [6, 6.07) is 18.4. The summed E-state index contributed by atoms with van der Waals surface area (Å²) in [5.74, 6) is -0.525. The van der Waals surface area contributed by atoms with Gasteiger partial charge in [-0.05, 0) is 36.2 Å². The van der Waals surface area contributed by atoms with E-state index in [1.165, 1.54) is 10.9 Å². The van der Waals surface area contributed by atoms with Crippen molar-refractivity contribution in [3.63, 3.8) is 0 Å². The third-order valence-electron chi connectivity index (χ3n) is 4.20. The number of aryl methyl sites for hydroxylation is 1. The molecule has 0 unspecified atom stereocenters. The van der Waals surface area contributed by atoms with Gasteiger partial charge in [-0.1, -0.05) is 37.3 Å². The second-order valence-electron chi connectivity index (χ2n) is 6.26. The number of aromatic nitrogens is 2. The predicted molar refractivity (Wildman–Crippen MR) is 109 cm³/mol. The zero-order valence-electron chi connectivity index (χ0n) is 16.4. The summed E-state index contributed by atoms with van der Waals surface area (Å²) in [7, 11) is 0. The van der Waals surface area contributed by atoms with E-state index in [2.05, 4.69) is 10.4 Å². The molecule has 0 saturated carbocycles. The van der Waals surface area contributed by atoms with Crippen LogP contribution in [0.25, 0.3) is 5.69 Å². The Balaban J connectivity index is 1.54. The SMILES string of the molecule is CCc1ccc(OCC(=O)OCC(=O)Nc2c(C#N)cnn2-c2ccccc2)cc1. The van der Waals surface area contributed by atoms with Crippen molar-refractivity contribution in [2.75, 3.05) is 18.5 Å². The van der Waals surface area contributed by atoms with Gasteiger partial charge in [0.1, 0.15) is 17.4 Å². The number of esters is 1. The van der Waals surface area contributed by atoms with Crippen molar-refractivity contribution in [1.29, 1.82) is 5.26 Å².